The molecule has 35 heavy (non-hydrogen) atoms. The summed E-state index contributed by atoms with van der Waals surface area (Å²) in [6.45, 7) is 17.2. The number of benzene rings is 2. The predicted molar refractivity (Wildman–Crippen MR) is 144 cm³/mol. The van der Waals surface area contributed by atoms with Gasteiger partial charge in [0.25, 0.3) is 0 Å². The molecule has 2 N–H and O–H groups in total. The molecule has 0 amide bonds. The maximum atomic E-state index is 12.0. The smallest absolute Gasteiger partial charge is 0.339 e. The van der Waals surface area contributed by atoms with Crippen molar-refractivity contribution in [1.29, 1.82) is 0 Å². The minimum Gasteiger partial charge on any atom is -0.478 e. The van der Waals surface area contributed by atoms with Crippen molar-refractivity contribution in [3.63, 3.8) is 0 Å². The number of carbonyl (C=O) groups is 1. The van der Waals surface area contributed by atoms with E-state index in [-0.39, 0.29) is 16.4 Å². The number of rotatable bonds is 7. The van der Waals surface area contributed by atoms with E-state index in [9.17, 15) is 9.90 Å². The normalized spacial score (nSPS) is 17.1. The van der Waals surface area contributed by atoms with Gasteiger partial charge in [-0.25, -0.2) is 4.79 Å². The van der Waals surface area contributed by atoms with Gasteiger partial charge in [-0.3, -0.25) is 4.90 Å². The lowest BCUT2D eigenvalue weighted by atomic mass is 9.66. The number of carboxylic acids is 1. The number of thiophene rings is 1. The Hall–Kier alpha value is -2.63. The third-order valence-electron chi connectivity index (χ3n) is 7.23. The van der Waals surface area contributed by atoms with Gasteiger partial charge in [-0.1, -0.05) is 71.1 Å². The van der Waals surface area contributed by atoms with Crippen molar-refractivity contribution in [2.75, 3.05) is 6.54 Å². The Kier molecular flexibility index (Phi) is 6.87. The minimum absolute atomic E-state index is 0.154. The molecule has 0 bridgehead atoms. The summed E-state index contributed by atoms with van der Waals surface area (Å²) in [4.78, 5) is 14.8. The molecule has 1 heterocycles. The molecule has 5 heteroatoms. The summed E-state index contributed by atoms with van der Waals surface area (Å²) in [5, 5.41) is 11.2. The predicted octanol–water partition coefficient (Wildman–Crippen LogP) is 7.40. The van der Waals surface area contributed by atoms with Gasteiger partial charge in [0, 0.05) is 28.5 Å². The molecule has 186 valence electrons. The Labute approximate surface area is 213 Å². The average Bonchev–Trinajstić information content (AvgIpc) is 3.15. The van der Waals surface area contributed by atoms with Crippen LogP contribution in [0.1, 0.15) is 80.7 Å². The van der Waals surface area contributed by atoms with Crippen molar-refractivity contribution >= 4 is 28.0 Å². The first-order valence-electron chi connectivity index (χ1n) is 12.5. The first-order valence-corrected chi connectivity index (χ1v) is 13.3. The van der Waals surface area contributed by atoms with Crippen LogP contribution in [0.25, 0.3) is 0 Å². The molecule has 0 radical (unpaired) electrons. The second-order valence-corrected chi connectivity index (χ2v) is 12.6. The van der Waals surface area contributed by atoms with Gasteiger partial charge < -0.3 is 9.84 Å². The number of nitrogens with one attached hydrogen (secondary N) is 1. The van der Waals surface area contributed by atoms with E-state index in [1.807, 2.05) is 53.8 Å². The van der Waals surface area contributed by atoms with Crippen molar-refractivity contribution in [3.8, 4) is 11.5 Å². The van der Waals surface area contributed by atoms with Crippen LogP contribution in [0.5, 0.6) is 11.5 Å². The number of para-hydroxylation sites is 1. The van der Waals surface area contributed by atoms with E-state index in [0.29, 0.717) is 17.4 Å². The van der Waals surface area contributed by atoms with E-state index >= 15 is 0 Å². The van der Waals surface area contributed by atoms with Gasteiger partial charge in [0.1, 0.15) is 22.7 Å². The van der Waals surface area contributed by atoms with Crippen LogP contribution in [-0.2, 0) is 10.8 Å². The lowest BCUT2D eigenvalue weighted by molar-refractivity contribution is -0.761. The molecule has 1 aromatic heterocycles. The van der Waals surface area contributed by atoms with Crippen molar-refractivity contribution in [3.05, 3.63) is 70.1 Å². The number of ether oxygens (including phenoxy) is 1. The van der Waals surface area contributed by atoms with E-state index in [2.05, 4.69) is 48.5 Å². The van der Waals surface area contributed by atoms with Crippen molar-refractivity contribution in [1.82, 2.24) is 0 Å². The molecular formula is C30H38NO3S+. The van der Waals surface area contributed by atoms with Gasteiger partial charge in [0.15, 0.2) is 5.00 Å². The highest BCUT2D eigenvalue weighted by atomic mass is 32.1. The summed E-state index contributed by atoms with van der Waals surface area (Å²) in [5.74, 6) is 0.479. The van der Waals surface area contributed by atoms with Gasteiger partial charge in [0.05, 0.1) is 6.54 Å². The van der Waals surface area contributed by atoms with Crippen LogP contribution in [0, 0.1) is 12.8 Å². The zero-order chi connectivity index (χ0) is 25.5. The van der Waals surface area contributed by atoms with E-state index < -0.39 is 5.97 Å². The van der Waals surface area contributed by atoms with Crippen LogP contribution in [0.2, 0.25) is 0 Å². The molecule has 0 fully saturated rings. The number of fused-ring (bicyclic) bond motifs is 1. The molecular weight excluding hydrogens is 454 g/mol. The molecule has 1 atom stereocenters. The van der Waals surface area contributed by atoms with Crippen molar-refractivity contribution < 1.29 is 19.5 Å². The molecule has 2 aromatic carbocycles. The molecule has 3 aromatic rings. The topological polar surface area (TPSA) is 51.0 Å². The number of hydrogen-bond donors (Lipinski definition) is 2. The maximum Gasteiger partial charge on any atom is 0.339 e. The zero-order valence-electron chi connectivity index (χ0n) is 22.0. The van der Waals surface area contributed by atoms with Crippen molar-refractivity contribution in [2.45, 2.75) is 72.1 Å². The summed E-state index contributed by atoms with van der Waals surface area (Å²) < 4.78 is 6.09. The van der Waals surface area contributed by atoms with Gasteiger partial charge in [-0.05, 0) is 54.4 Å². The summed E-state index contributed by atoms with van der Waals surface area (Å²) in [6.07, 6.45) is 2.38. The Morgan fingerprint density at radius 1 is 1.06 bits per heavy atom. The molecule has 4 nitrogen and oxygen atoms in total. The molecule has 1 unspecified atom stereocenters. The van der Waals surface area contributed by atoms with Gasteiger partial charge in [-0.2, -0.15) is 0 Å². The first-order chi connectivity index (χ1) is 16.4. The Bertz CT molecular complexity index is 1220. The zero-order valence-corrected chi connectivity index (χ0v) is 22.8. The van der Waals surface area contributed by atoms with Crippen LogP contribution in [-0.4, -0.2) is 17.6 Å². The fraction of sp³-hybridized carbons (Fsp3) is 0.433. The fourth-order valence-corrected chi connectivity index (χ4v) is 6.99. The lowest BCUT2D eigenvalue weighted by Gasteiger charge is -2.39. The SMILES string of the molecule is Cc1c([NH+](CC(C)C)c2ccc(C(=O)O)c(Oc3ccccc3)c2)sc2c1C(C)(C)CCC2(C)C. The van der Waals surface area contributed by atoms with Crippen LogP contribution in [0.4, 0.5) is 10.7 Å². The molecule has 0 saturated carbocycles. The highest BCUT2D eigenvalue weighted by Gasteiger charge is 2.43. The number of aromatic carboxylic acids is 1. The molecule has 1 aliphatic carbocycles. The monoisotopic (exact) mass is 492 g/mol. The molecule has 0 spiro atoms. The standard InChI is InChI=1S/C30H37NO3S/c1-19(2)18-31(27-20(3)25-26(35-27)30(6,7)16-15-29(25,4)5)21-13-14-23(28(32)33)24(17-21)34-22-11-9-8-10-12-22/h8-14,17,19H,15-16,18H2,1-7H3,(H,32,33)/p+1. The number of carboxylic acid groups (broad SMARTS) is 1. The van der Waals surface area contributed by atoms with Gasteiger partial charge in [0.2, 0.25) is 0 Å². The van der Waals surface area contributed by atoms with E-state index in [1.165, 1.54) is 38.7 Å². The lowest BCUT2D eigenvalue weighted by Crippen LogP contribution is -3.02. The molecule has 4 rings (SSSR count). The Morgan fingerprint density at radius 2 is 1.71 bits per heavy atom. The van der Waals surface area contributed by atoms with E-state index in [1.54, 1.807) is 6.07 Å². The number of quaternary nitrogens is 1. The van der Waals surface area contributed by atoms with Crippen LogP contribution < -0.4 is 9.64 Å². The van der Waals surface area contributed by atoms with Crippen LogP contribution in [0.15, 0.2) is 48.5 Å². The Balaban J connectivity index is 1.86. The summed E-state index contributed by atoms with van der Waals surface area (Å²) in [5.41, 5.74) is 4.42. The minimum atomic E-state index is -0.987. The highest BCUT2D eigenvalue weighted by molar-refractivity contribution is 7.15. The van der Waals surface area contributed by atoms with E-state index in [4.69, 9.17) is 4.74 Å². The second-order valence-electron chi connectivity index (χ2n) is 11.5. The van der Waals surface area contributed by atoms with Crippen LogP contribution in [0.3, 0.4) is 0 Å². The molecule has 1 aliphatic rings. The number of hydrogen-bond acceptors (Lipinski definition) is 3. The van der Waals surface area contributed by atoms with Crippen LogP contribution >= 0.6 is 11.3 Å². The molecule has 0 aliphatic heterocycles. The largest absolute Gasteiger partial charge is 0.478 e. The average molecular weight is 493 g/mol. The van der Waals surface area contributed by atoms with Gasteiger partial charge in [-0.15, -0.1) is 0 Å². The molecule has 0 saturated heterocycles. The third-order valence-corrected chi connectivity index (χ3v) is 8.95. The second kappa shape index (κ2) is 9.44. The van der Waals surface area contributed by atoms with E-state index in [0.717, 1.165) is 12.2 Å². The maximum absolute atomic E-state index is 12.0. The quantitative estimate of drug-likeness (QED) is 0.361. The van der Waals surface area contributed by atoms with Gasteiger partial charge >= 0.3 is 5.97 Å². The highest BCUT2D eigenvalue weighted by Crippen LogP contribution is 2.52. The fourth-order valence-electron chi connectivity index (χ4n) is 5.29. The summed E-state index contributed by atoms with van der Waals surface area (Å²) in [6, 6.07) is 14.9. The van der Waals surface area contributed by atoms with Crippen molar-refractivity contribution in [2.24, 2.45) is 5.92 Å². The summed E-state index contributed by atoms with van der Waals surface area (Å²) in [7, 11) is 0. The summed E-state index contributed by atoms with van der Waals surface area (Å²) >= 11 is 1.94. The Morgan fingerprint density at radius 3 is 2.31 bits per heavy atom. The third kappa shape index (κ3) is 5.03. The first kappa shape index (κ1) is 25.5.